The molecule has 0 radical (unpaired) electrons. The number of halogens is 2. The minimum Gasteiger partial charge on any atom is -0.373 e. The Morgan fingerprint density at radius 1 is 1.25 bits per heavy atom. The molecule has 1 aromatic rings. The third kappa shape index (κ3) is 2.38. The van der Waals surface area contributed by atoms with Crippen molar-refractivity contribution in [1.29, 1.82) is 0 Å². The largest absolute Gasteiger partial charge is 0.373 e. The Morgan fingerprint density at radius 2 is 1.81 bits per heavy atom. The summed E-state index contributed by atoms with van der Waals surface area (Å²) in [5.41, 5.74) is 0.857. The van der Waals surface area contributed by atoms with Crippen LogP contribution in [0.5, 0.6) is 0 Å². The molecule has 0 N–H and O–H groups in total. The van der Waals surface area contributed by atoms with Gasteiger partial charge in [-0.2, -0.15) is 0 Å². The van der Waals surface area contributed by atoms with Gasteiger partial charge in [0.1, 0.15) is 5.82 Å². The third-order valence-electron chi connectivity index (χ3n) is 3.28. The summed E-state index contributed by atoms with van der Waals surface area (Å²) in [5, 5.41) is 0. The average molecular weight is 335 g/mol. The van der Waals surface area contributed by atoms with E-state index in [1.807, 2.05) is 12.1 Å². The predicted molar refractivity (Wildman–Crippen MR) is 69.9 cm³/mol. The fraction of sp³-hybridized carbons (Fsp3) is 0.500. The topological polar surface area (TPSA) is 12.5 Å². The predicted octanol–water partition coefficient (Wildman–Crippen LogP) is 3.11. The van der Waals surface area contributed by atoms with Gasteiger partial charge in [-0.15, -0.1) is 0 Å². The number of benzene rings is 1. The summed E-state index contributed by atoms with van der Waals surface area (Å²) in [4.78, 5) is 0. The molecule has 0 unspecified atom stereocenters. The van der Waals surface area contributed by atoms with Crippen LogP contribution in [0.3, 0.4) is 0 Å². The lowest BCUT2D eigenvalue weighted by Crippen LogP contribution is -2.40. The number of ether oxygens (including phenoxy) is 1. The molecule has 0 aromatic heterocycles. The number of piperidine rings is 1. The average Bonchev–Trinajstić information content (AvgIpc) is 2.32. The van der Waals surface area contributed by atoms with Crippen molar-refractivity contribution in [2.75, 3.05) is 20.2 Å². The zero-order valence-electron chi connectivity index (χ0n) is 9.25. The number of hydrogen-bond acceptors (Lipinski definition) is 2. The molecule has 1 aromatic carbocycles. The molecule has 1 heterocycles. The lowest BCUT2D eigenvalue weighted by atomic mass is 9.85. The summed E-state index contributed by atoms with van der Waals surface area (Å²) >= 11 is 2.33. The number of hydrogen-bond donors (Lipinski definition) is 0. The van der Waals surface area contributed by atoms with E-state index < -0.39 is 0 Å². The van der Waals surface area contributed by atoms with E-state index in [-0.39, 0.29) is 11.4 Å². The molecule has 0 atom stereocenters. The summed E-state index contributed by atoms with van der Waals surface area (Å²) in [7, 11) is 1.74. The van der Waals surface area contributed by atoms with Gasteiger partial charge in [-0.3, -0.25) is 0 Å². The van der Waals surface area contributed by atoms with Gasteiger partial charge in [-0.1, -0.05) is 12.1 Å². The molecule has 1 aliphatic heterocycles. The highest BCUT2D eigenvalue weighted by atomic mass is 127. The monoisotopic (exact) mass is 335 g/mol. The van der Waals surface area contributed by atoms with Crippen LogP contribution < -0.4 is 0 Å². The van der Waals surface area contributed by atoms with Gasteiger partial charge in [0.25, 0.3) is 0 Å². The molecule has 4 heteroatoms. The molecular formula is C12H15FINO. The van der Waals surface area contributed by atoms with Gasteiger partial charge in [0.2, 0.25) is 0 Å². The highest BCUT2D eigenvalue weighted by Gasteiger charge is 2.35. The molecule has 2 rings (SSSR count). The third-order valence-corrected chi connectivity index (χ3v) is 4.24. The maximum Gasteiger partial charge on any atom is 0.123 e. The van der Waals surface area contributed by atoms with Crippen LogP contribution >= 0.6 is 22.9 Å². The standard InChI is InChI=1S/C12H15FINO/c1-16-12(6-8-15(14)9-7-12)10-2-4-11(13)5-3-10/h2-5H,6-9H2,1H3. The van der Waals surface area contributed by atoms with Crippen molar-refractivity contribution in [3.05, 3.63) is 35.6 Å². The first-order valence-corrected chi connectivity index (χ1v) is 6.35. The molecule has 0 saturated carbocycles. The Morgan fingerprint density at radius 3 is 2.31 bits per heavy atom. The van der Waals surface area contributed by atoms with Crippen molar-refractivity contribution in [2.45, 2.75) is 18.4 Å². The van der Waals surface area contributed by atoms with Gasteiger partial charge in [-0.25, -0.2) is 7.50 Å². The highest BCUT2D eigenvalue weighted by molar-refractivity contribution is 14.1. The van der Waals surface area contributed by atoms with Crippen molar-refractivity contribution in [2.24, 2.45) is 0 Å². The summed E-state index contributed by atoms with van der Waals surface area (Å²) in [6.45, 7) is 2.01. The zero-order valence-corrected chi connectivity index (χ0v) is 11.4. The molecule has 1 fully saturated rings. The van der Waals surface area contributed by atoms with Crippen molar-refractivity contribution in [3.63, 3.8) is 0 Å². The first-order valence-electron chi connectivity index (χ1n) is 5.38. The van der Waals surface area contributed by atoms with Crippen LogP contribution in [-0.2, 0) is 10.3 Å². The van der Waals surface area contributed by atoms with Crippen LogP contribution in [0.4, 0.5) is 4.39 Å². The van der Waals surface area contributed by atoms with E-state index in [4.69, 9.17) is 4.74 Å². The highest BCUT2D eigenvalue weighted by Crippen LogP contribution is 2.36. The van der Waals surface area contributed by atoms with Crippen molar-refractivity contribution >= 4 is 22.9 Å². The fourth-order valence-electron chi connectivity index (χ4n) is 2.20. The number of methoxy groups -OCH3 is 1. The first-order chi connectivity index (χ1) is 7.66. The van der Waals surface area contributed by atoms with Gasteiger partial charge in [0.05, 0.1) is 5.60 Å². The molecular weight excluding hydrogens is 320 g/mol. The number of rotatable bonds is 2. The van der Waals surface area contributed by atoms with E-state index >= 15 is 0 Å². The van der Waals surface area contributed by atoms with Crippen LogP contribution in [0.15, 0.2) is 24.3 Å². The maximum absolute atomic E-state index is 12.9. The Balaban J connectivity index is 2.24. The molecule has 1 saturated heterocycles. The zero-order chi connectivity index (χ0) is 11.6. The van der Waals surface area contributed by atoms with Gasteiger partial charge >= 0.3 is 0 Å². The summed E-state index contributed by atoms with van der Waals surface area (Å²) in [6.07, 6.45) is 1.91. The van der Waals surface area contributed by atoms with Crippen molar-refractivity contribution < 1.29 is 9.13 Å². The maximum atomic E-state index is 12.9. The normalized spacial score (nSPS) is 20.9. The molecule has 0 aliphatic carbocycles. The van der Waals surface area contributed by atoms with Crippen LogP contribution in [0, 0.1) is 5.82 Å². The van der Waals surface area contributed by atoms with E-state index in [1.165, 1.54) is 12.1 Å². The second kappa shape index (κ2) is 4.98. The fourth-order valence-corrected chi connectivity index (χ4v) is 2.69. The Kier molecular flexibility index (Phi) is 3.81. The van der Waals surface area contributed by atoms with E-state index in [2.05, 4.69) is 26.0 Å². The van der Waals surface area contributed by atoms with E-state index in [0.29, 0.717) is 0 Å². The Hall–Kier alpha value is -0.200. The Labute approximate surface area is 109 Å². The molecule has 2 nitrogen and oxygen atoms in total. The summed E-state index contributed by atoms with van der Waals surface area (Å²) in [5.74, 6) is -0.193. The van der Waals surface area contributed by atoms with Gasteiger partial charge in [-0.05, 0) is 30.5 Å². The lowest BCUT2D eigenvalue weighted by molar-refractivity contribution is -0.0476. The molecule has 0 amide bonds. The molecule has 16 heavy (non-hydrogen) atoms. The van der Waals surface area contributed by atoms with Crippen LogP contribution in [-0.4, -0.2) is 23.3 Å². The van der Waals surface area contributed by atoms with E-state index in [0.717, 1.165) is 31.5 Å². The van der Waals surface area contributed by atoms with Gasteiger partial charge in [0.15, 0.2) is 0 Å². The smallest absolute Gasteiger partial charge is 0.123 e. The Bertz CT molecular complexity index is 347. The quantitative estimate of drug-likeness (QED) is 0.608. The number of nitrogens with zero attached hydrogens (tertiary/aromatic N) is 1. The van der Waals surface area contributed by atoms with E-state index in [1.54, 1.807) is 7.11 Å². The van der Waals surface area contributed by atoms with Crippen LogP contribution in [0.2, 0.25) is 0 Å². The molecule has 0 bridgehead atoms. The second-order valence-electron chi connectivity index (χ2n) is 4.12. The molecule has 0 spiro atoms. The van der Waals surface area contributed by atoms with Crippen molar-refractivity contribution in [3.8, 4) is 0 Å². The molecule has 1 aliphatic rings. The minimum atomic E-state index is -0.227. The van der Waals surface area contributed by atoms with Gasteiger partial charge in [0, 0.05) is 43.1 Å². The SMILES string of the molecule is COC1(c2ccc(F)cc2)CCN(I)CC1. The van der Waals surface area contributed by atoms with Crippen LogP contribution in [0.1, 0.15) is 18.4 Å². The lowest BCUT2D eigenvalue weighted by Gasteiger charge is -2.39. The second-order valence-corrected chi connectivity index (χ2v) is 5.48. The van der Waals surface area contributed by atoms with E-state index in [9.17, 15) is 4.39 Å². The van der Waals surface area contributed by atoms with Gasteiger partial charge < -0.3 is 4.74 Å². The van der Waals surface area contributed by atoms with Crippen molar-refractivity contribution in [1.82, 2.24) is 3.11 Å². The van der Waals surface area contributed by atoms with Crippen LogP contribution in [0.25, 0.3) is 0 Å². The summed E-state index contributed by atoms with van der Waals surface area (Å²) < 4.78 is 20.9. The first kappa shape index (κ1) is 12.3. The molecule has 88 valence electrons. The minimum absolute atomic E-state index is 0.193. The summed E-state index contributed by atoms with van der Waals surface area (Å²) in [6, 6.07) is 6.68.